The zero-order valence-corrected chi connectivity index (χ0v) is 12.6. The van der Waals surface area contributed by atoms with E-state index in [1.165, 1.54) is 0 Å². The Morgan fingerprint density at radius 1 is 1.38 bits per heavy atom. The lowest BCUT2D eigenvalue weighted by Crippen LogP contribution is -2.39. The van der Waals surface area contributed by atoms with E-state index in [1.54, 1.807) is 0 Å². The van der Waals surface area contributed by atoms with Gasteiger partial charge in [0.25, 0.3) is 0 Å². The van der Waals surface area contributed by atoms with E-state index in [2.05, 4.69) is 18.3 Å². The molecule has 2 aliphatic rings. The first kappa shape index (κ1) is 14.5. The monoisotopic (exact) mass is 289 g/mol. The molecule has 2 unspecified atom stereocenters. The number of Topliss-reactive ketones (excluding diaryl/α,β-unsaturated/α-hetero) is 1. The molecule has 1 fully saturated rings. The van der Waals surface area contributed by atoms with E-state index in [0.717, 1.165) is 42.7 Å². The van der Waals surface area contributed by atoms with Gasteiger partial charge in [0.2, 0.25) is 0 Å². The van der Waals surface area contributed by atoms with Crippen LogP contribution in [0.5, 0.6) is 5.75 Å². The van der Waals surface area contributed by atoms with Crippen LogP contribution in [0.15, 0.2) is 18.2 Å². The highest BCUT2D eigenvalue weighted by Crippen LogP contribution is 2.32. The molecule has 0 bridgehead atoms. The predicted octanol–water partition coefficient (Wildman–Crippen LogP) is 2.21. The summed E-state index contributed by atoms with van der Waals surface area (Å²) in [5, 5.41) is 3.43. The first-order valence-electron chi connectivity index (χ1n) is 7.91. The van der Waals surface area contributed by atoms with Crippen LogP contribution in [-0.4, -0.2) is 38.2 Å². The summed E-state index contributed by atoms with van der Waals surface area (Å²) in [4.78, 5) is 12.9. The first-order chi connectivity index (χ1) is 10.3. The van der Waals surface area contributed by atoms with Gasteiger partial charge < -0.3 is 14.8 Å². The molecule has 0 spiro atoms. The zero-order valence-electron chi connectivity index (χ0n) is 12.6. The number of benzene rings is 1. The van der Waals surface area contributed by atoms with E-state index in [1.807, 2.05) is 12.1 Å². The molecule has 0 amide bonds. The van der Waals surface area contributed by atoms with Crippen molar-refractivity contribution in [1.29, 1.82) is 0 Å². The second-order valence-corrected chi connectivity index (χ2v) is 5.81. The Morgan fingerprint density at radius 3 is 3.14 bits per heavy atom. The molecule has 4 nitrogen and oxygen atoms in total. The van der Waals surface area contributed by atoms with Gasteiger partial charge in [-0.15, -0.1) is 0 Å². The Bertz CT molecular complexity index is 515. The molecule has 114 valence electrons. The zero-order chi connectivity index (χ0) is 14.7. The molecule has 0 aliphatic carbocycles. The number of hydrogen-bond acceptors (Lipinski definition) is 4. The van der Waals surface area contributed by atoms with Crippen LogP contribution in [-0.2, 0) is 11.2 Å². The van der Waals surface area contributed by atoms with Crippen molar-refractivity contribution >= 4 is 5.78 Å². The quantitative estimate of drug-likeness (QED) is 0.844. The molecular formula is C17H23NO3. The van der Waals surface area contributed by atoms with Crippen molar-refractivity contribution in [1.82, 2.24) is 5.32 Å². The van der Waals surface area contributed by atoms with Gasteiger partial charge in [0.15, 0.2) is 5.78 Å². The standard InChI is InChI=1S/C17H23NO3/c1-2-8-18-15-11-20-10-14(15)16(19)13-7-3-5-12-6-4-9-21-17(12)13/h3,5,7,14-15,18H,2,4,6,8-11H2,1H3. The Morgan fingerprint density at radius 2 is 2.29 bits per heavy atom. The van der Waals surface area contributed by atoms with Crippen LogP contribution in [0, 0.1) is 5.92 Å². The maximum atomic E-state index is 12.9. The number of fused-ring (bicyclic) bond motifs is 1. The summed E-state index contributed by atoms with van der Waals surface area (Å²) < 4.78 is 11.3. The van der Waals surface area contributed by atoms with Crippen molar-refractivity contribution in [3.05, 3.63) is 29.3 Å². The SMILES string of the molecule is CCCNC1COCC1C(=O)c1cccc2c1OCCC2. The molecular weight excluding hydrogens is 266 g/mol. The molecule has 0 saturated carbocycles. The smallest absolute Gasteiger partial charge is 0.173 e. The maximum Gasteiger partial charge on any atom is 0.173 e. The van der Waals surface area contributed by atoms with E-state index in [9.17, 15) is 4.79 Å². The molecule has 1 aromatic carbocycles. The second kappa shape index (κ2) is 6.58. The third-order valence-electron chi connectivity index (χ3n) is 4.27. The number of carbonyl (C=O) groups excluding carboxylic acids is 1. The van der Waals surface area contributed by atoms with Crippen molar-refractivity contribution < 1.29 is 14.3 Å². The van der Waals surface area contributed by atoms with Gasteiger partial charge in [-0.2, -0.15) is 0 Å². The Balaban J connectivity index is 1.81. The van der Waals surface area contributed by atoms with E-state index in [0.29, 0.717) is 19.8 Å². The maximum absolute atomic E-state index is 12.9. The van der Waals surface area contributed by atoms with Crippen molar-refractivity contribution in [3.63, 3.8) is 0 Å². The number of rotatable bonds is 5. The summed E-state index contributed by atoms with van der Waals surface area (Å²) in [5.74, 6) is 0.850. The Hall–Kier alpha value is -1.39. The number of nitrogens with one attached hydrogen (secondary N) is 1. The third kappa shape index (κ3) is 2.97. The predicted molar refractivity (Wildman–Crippen MR) is 81.0 cm³/mol. The highest BCUT2D eigenvalue weighted by Gasteiger charge is 2.35. The molecule has 2 atom stereocenters. The van der Waals surface area contributed by atoms with E-state index >= 15 is 0 Å². The molecule has 4 heteroatoms. The van der Waals surface area contributed by atoms with Gasteiger partial charge in [-0.25, -0.2) is 0 Å². The average molecular weight is 289 g/mol. The highest BCUT2D eigenvalue weighted by atomic mass is 16.5. The molecule has 0 aromatic heterocycles. The highest BCUT2D eigenvalue weighted by molar-refractivity contribution is 6.01. The van der Waals surface area contributed by atoms with Crippen molar-refractivity contribution in [2.45, 2.75) is 32.2 Å². The molecule has 1 N–H and O–H groups in total. The summed E-state index contributed by atoms with van der Waals surface area (Å²) in [6.07, 6.45) is 3.08. The Kier molecular flexibility index (Phi) is 4.56. The van der Waals surface area contributed by atoms with Gasteiger partial charge in [0.1, 0.15) is 5.75 Å². The van der Waals surface area contributed by atoms with Crippen LogP contribution >= 0.6 is 0 Å². The van der Waals surface area contributed by atoms with Gasteiger partial charge in [0.05, 0.1) is 31.3 Å². The van der Waals surface area contributed by atoms with Crippen LogP contribution < -0.4 is 10.1 Å². The minimum atomic E-state index is -0.103. The van der Waals surface area contributed by atoms with Crippen LogP contribution in [0.1, 0.15) is 35.7 Å². The van der Waals surface area contributed by atoms with Gasteiger partial charge >= 0.3 is 0 Å². The van der Waals surface area contributed by atoms with Gasteiger partial charge in [-0.3, -0.25) is 4.79 Å². The third-order valence-corrected chi connectivity index (χ3v) is 4.27. The summed E-state index contributed by atoms with van der Waals surface area (Å²) >= 11 is 0. The van der Waals surface area contributed by atoms with E-state index < -0.39 is 0 Å². The minimum absolute atomic E-state index is 0.103. The number of carbonyl (C=O) groups is 1. The largest absolute Gasteiger partial charge is 0.493 e. The van der Waals surface area contributed by atoms with Gasteiger partial charge in [-0.1, -0.05) is 19.1 Å². The molecule has 3 rings (SSSR count). The lowest BCUT2D eigenvalue weighted by atomic mass is 9.90. The number of ketones is 1. The van der Waals surface area contributed by atoms with Gasteiger partial charge in [0, 0.05) is 6.04 Å². The fourth-order valence-corrected chi connectivity index (χ4v) is 3.13. The second-order valence-electron chi connectivity index (χ2n) is 5.81. The van der Waals surface area contributed by atoms with Crippen molar-refractivity contribution in [2.24, 2.45) is 5.92 Å². The number of hydrogen-bond donors (Lipinski definition) is 1. The normalized spacial score (nSPS) is 24.4. The first-order valence-corrected chi connectivity index (χ1v) is 7.91. The fourth-order valence-electron chi connectivity index (χ4n) is 3.13. The lowest BCUT2D eigenvalue weighted by molar-refractivity contribution is 0.0886. The fraction of sp³-hybridized carbons (Fsp3) is 0.588. The molecule has 21 heavy (non-hydrogen) atoms. The van der Waals surface area contributed by atoms with Crippen LogP contribution in [0.2, 0.25) is 0 Å². The average Bonchev–Trinajstić information content (AvgIpc) is 3.00. The molecule has 1 saturated heterocycles. The Labute approximate surface area is 125 Å². The molecule has 1 aromatic rings. The van der Waals surface area contributed by atoms with E-state index in [-0.39, 0.29) is 17.7 Å². The van der Waals surface area contributed by atoms with Crippen molar-refractivity contribution in [2.75, 3.05) is 26.4 Å². The van der Waals surface area contributed by atoms with Crippen LogP contribution in [0.4, 0.5) is 0 Å². The van der Waals surface area contributed by atoms with E-state index in [4.69, 9.17) is 9.47 Å². The van der Waals surface area contributed by atoms with Crippen LogP contribution in [0.25, 0.3) is 0 Å². The van der Waals surface area contributed by atoms with Crippen molar-refractivity contribution in [3.8, 4) is 5.75 Å². The summed E-state index contributed by atoms with van der Waals surface area (Å²) in [7, 11) is 0. The minimum Gasteiger partial charge on any atom is -0.493 e. The summed E-state index contributed by atoms with van der Waals surface area (Å²) in [6, 6.07) is 6.03. The molecule has 0 radical (unpaired) electrons. The topological polar surface area (TPSA) is 47.6 Å². The lowest BCUT2D eigenvalue weighted by Gasteiger charge is -2.23. The molecule has 2 heterocycles. The number of ether oxygens (including phenoxy) is 2. The molecule has 2 aliphatic heterocycles. The summed E-state index contributed by atoms with van der Waals surface area (Å²) in [6.45, 7) is 4.87. The van der Waals surface area contributed by atoms with Crippen LogP contribution in [0.3, 0.4) is 0 Å². The number of para-hydroxylation sites is 1. The van der Waals surface area contributed by atoms with Gasteiger partial charge in [-0.05, 0) is 37.4 Å². The summed E-state index contributed by atoms with van der Waals surface area (Å²) in [5.41, 5.74) is 1.88. The number of aryl methyl sites for hydroxylation is 1.